The average Bonchev–Trinajstić information content (AvgIpc) is 3.30. The molecule has 0 saturated heterocycles. The van der Waals surface area contributed by atoms with E-state index in [1.54, 1.807) is 0 Å². The number of fused-ring (bicyclic) bond motifs is 1. The molecule has 1 aromatic heterocycles. The molecule has 32 heavy (non-hydrogen) atoms. The van der Waals surface area contributed by atoms with Gasteiger partial charge in [0.2, 0.25) is 11.8 Å². The van der Waals surface area contributed by atoms with Crippen molar-refractivity contribution in [2.75, 3.05) is 13.7 Å². The third-order valence-electron chi connectivity index (χ3n) is 5.20. The van der Waals surface area contributed by atoms with Crippen LogP contribution < -0.4 is 9.57 Å². The molecule has 0 bridgehead atoms. The van der Waals surface area contributed by atoms with Gasteiger partial charge < -0.3 is 29.5 Å². The van der Waals surface area contributed by atoms with Crippen molar-refractivity contribution in [3.05, 3.63) is 46.0 Å². The highest BCUT2D eigenvalue weighted by molar-refractivity contribution is 5.98. The van der Waals surface area contributed by atoms with Crippen molar-refractivity contribution in [1.82, 2.24) is 4.73 Å². The Morgan fingerprint density at radius 3 is 2.59 bits per heavy atom. The third-order valence-corrected chi connectivity index (χ3v) is 5.20. The summed E-state index contributed by atoms with van der Waals surface area (Å²) in [7, 11) is 1.51. The monoisotopic (exact) mass is 447 g/mol. The Morgan fingerprint density at radius 1 is 1.25 bits per heavy atom. The highest BCUT2D eigenvalue weighted by Crippen LogP contribution is 2.42. The molecule has 0 atom stereocenters. The van der Waals surface area contributed by atoms with E-state index in [0.717, 1.165) is 23.3 Å². The van der Waals surface area contributed by atoms with Gasteiger partial charge in [0.25, 0.3) is 0 Å². The fourth-order valence-electron chi connectivity index (χ4n) is 3.51. The number of esters is 1. The third kappa shape index (κ3) is 4.58. The highest BCUT2D eigenvalue weighted by Gasteiger charge is 2.31. The Labute approximate surface area is 184 Å². The number of hydrogen-bond acceptors (Lipinski definition) is 9. The van der Waals surface area contributed by atoms with E-state index in [9.17, 15) is 24.9 Å². The van der Waals surface area contributed by atoms with Crippen molar-refractivity contribution in [2.45, 2.75) is 39.7 Å². The molecule has 1 aliphatic heterocycles. The Bertz CT molecular complexity index is 1050. The predicted octanol–water partition coefficient (Wildman–Crippen LogP) is 3.13. The molecule has 2 heterocycles. The molecule has 3 rings (SSSR count). The number of nitrogens with zero attached hydrogens (tertiary/aromatic N) is 1. The van der Waals surface area contributed by atoms with Gasteiger partial charge in [-0.15, -0.1) is 4.73 Å². The summed E-state index contributed by atoms with van der Waals surface area (Å²) in [4.78, 5) is 28.3. The SMILES string of the molecule is COc1c(C)c2c(c(O)c1CC=C(C)CCCOC(=O)On1c(O)ccc1O)C(=O)OC2. The number of cyclic esters (lactones) is 1. The van der Waals surface area contributed by atoms with E-state index in [1.807, 2.05) is 19.9 Å². The van der Waals surface area contributed by atoms with Crippen LogP contribution in [0.3, 0.4) is 0 Å². The number of carbonyl (C=O) groups excluding carboxylic acids is 2. The van der Waals surface area contributed by atoms with Crippen LogP contribution in [0.4, 0.5) is 4.79 Å². The fraction of sp³-hybridized carbons (Fsp3) is 0.364. The van der Waals surface area contributed by atoms with Gasteiger partial charge in [-0.2, -0.15) is 0 Å². The van der Waals surface area contributed by atoms with Gasteiger partial charge in [-0.3, -0.25) is 4.84 Å². The minimum atomic E-state index is -1.07. The minimum absolute atomic E-state index is 0.0607. The van der Waals surface area contributed by atoms with Crippen LogP contribution in [0.2, 0.25) is 0 Å². The van der Waals surface area contributed by atoms with E-state index in [1.165, 1.54) is 7.11 Å². The van der Waals surface area contributed by atoms with Crippen molar-refractivity contribution in [1.29, 1.82) is 0 Å². The van der Waals surface area contributed by atoms with E-state index < -0.39 is 23.9 Å². The minimum Gasteiger partial charge on any atom is -0.507 e. The second-order valence-corrected chi connectivity index (χ2v) is 7.31. The maximum absolute atomic E-state index is 12.0. The number of carbonyl (C=O) groups is 2. The van der Waals surface area contributed by atoms with Gasteiger partial charge in [-0.25, -0.2) is 9.59 Å². The molecule has 10 nitrogen and oxygen atoms in total. The van der Waals surface area contributed by atoms with Crippen molar-refractivity contribution in [3.63, 3.8) is 0 Å². The summed E-state index contributed by atoms with van der Waals surface area (Å²) in [6.07, 6.45) is 2.28. The van der Waals surface area contributed by atoms with E-state index in [4.69, 9.17) is 14.2 Å². The van der Waals surface area contributed by atoms with Gasteiger partial charge in [0.1, 0.15) is 23.7 Å². The molecule has 10 heteroatoms. The molecule has 0 unspecified atom stereocenters. The van der Waals surface area contributed by atoms with Gasteiger partial charge in [0.15, 0.2) is 0 Å². The van der Waals surface area contributed by atoms with Crippen LogP contribution in [0.25, 0.3) is 0 Å². The predicted molar refractivity (Wildman–Crippen MR) is 111 cm³/mol. The smallest absolute Gasteiger partial charge is 0.507 e. The first-order chi connectivity index (χ1) is 15.2. The van der Waals surface area contributed by atoms with Gasteiger partial charge in [0, 0.05) is 23.3 Å². The standard InChI is InChI=1S/C22H25NO9/c1-12(5-4-10-30-22(28)32-23-16(24)8-9-17(23)25)6-7-14-19(26)18-15(11-31-21(18)27)13(2)20(14)29-3/h6,8-9,24-26H,4-5,7,10-11H2,1-3H3. The molecule has 0 aliphatic carbocycles. The molecule has 1 aliphatic rings. The normalized spacial score (nSPS) is 13.0. The first-order valence-electron chi connectivity index (χ1n) is 9.93. The van der Waals surface area contributed by atoms with Crippen LogP contribution in [0.15, 0.2) is 23.8 Å². The molecule has 0 radical (unpaired) electrons. The van der Waals surface area contributed by atoms with E-state index in [2.05, 4.69) is 4.84 Å². The van der Waals surface area contributed by atoms with Gasteiger partial charge in [-0.1, -0.05) is 11.6 Å². The van der Waals surface area contributed by atoms with Crippen LogP contribution in [0, 0.1) is 6.92 Å². The summed E-state index contributed by atoms with van der Waals surface area (Å²) in [6.45, 7) is 3.89. The first kappa shape index (κ1) is 22.9. The van der Waals surface area contributed by atoms with Gasteiger partial charge in [0.05, 0.1) is 13.7 Å². The second-order valence-electron chi connectivity index (χ2n) is 7.31. The number of aromatic nitrogens is 1. The molecule has 0 fully saturated rings. The Kier molecular flexibility index (Phi) is 6.82. The second kappa shape index (κ2) is 9.54. The number of ether oxygens (including phenoxy) is 3. The lowest BCUT2D eigenvalue weighted by molar-refractivity contribution is 0.0350. The summed E-state index contributed by atoms with van der Waals surface area (Å²) in [5, 5.41) is 29.5. The molecule has 2 aromatic rings. The van der Waals surface area contributed by atoms with Gasteiger partial charge >= 0.3 is 12.1 Å². The number of hydrogen-bond donors (Lipinski definition) is 3. The molecular weight excluding hydrogens is 422 g/mol. The van der Waals surface area contributed by atoms with Gasteiger partial charge in [-0.05, 0) is 38.7 Å². The number of methoxy groups -OCH3 is 1. The fourth-order valence-corrected chi connectivity index (χ4v) is 3.51. The van der Waals surface area contributed by atoms with E-state index >= 15 is 0 Å². The quantitative estimate of drug-likeness (QED) is 0.317. The topological polar surface area (TPSA) is 137 Å². The average molecular weight is 447 g/mol. The largest absolute Gasteiger partial charge is 0.533 e. The lowest BCUT2D eigenvalue weighted by Crippen LogP contribution is -2.20. The molecule has 1 aromatic carbocycles. The lowest BCUT2D eigenvalue weighted by atomic mass is 9.94. The Balaban J connectivity index is 1.55. The summed E-state index contributed by atoms with van der Waals surface area (Å²) in [5.74, 6) is -1.03. The van der Waals surface area contributed by atoms with Crippen LogP contribution in [0.5, 0.6) is 23.3 Å². The number of rotatable bonds is 8. The zero-order chi connectivity index (χ0) is 23.4. The number of benzene rings is 1. The molecule has 0 spiro atoms. The van der Waals surface area contributed by atoms with Crippen LogP contribution in [-0.2, 0) is 22.5 Å². The first-order valence-corrected chi connectivity index (χ1v) is 9.93. The van der Waals surface area contributed by atoms with Crippen LogP contribution in [-0.4, -0.2) is 45.9 Å². The number of phenols is 1. The summed E-state index contributed by atoms with van der Waals surface area (Å²) < 4.78 is 16.0. The lowest BCUT2D eigenvalue weighted by Gasteiger charge is -2.15. The number of aromatic hydroxyl groups is 3. The summed E-state index contributed by atoms with van der Waals surface area (Å²) in [5.41, 5.74) is 3.08. The zero-order valence-corrected chi connectivity index (χ0v) is 18.0. The maximum atomic E-state index is 12.0. The maximum Gasteiger partial charge on any atom is 0.533 e. The van der Waals surface area contributed by atoms with Crippen LogP contribution in [0.1, 0.15) is 46.8 Å². The Hall–Kier alpha value is -3.82. The van der Waals surface area contributed by atoms with Crippen molar-refractivity contribution in [3.8, 4) is 23.3 Å². The van der Waals surface area contributed by atoms with Crippen LogP contribution >= 0.6 is 0 Å². The molecule has 3 N–H and O–H groups in total. The molecule has 0 amide bonds. The van der Waals surface area contributed by atoms with Crippen molar-refractivity contribution in [2.24, 2.45) is 0 Å². The van der Waals surface area contributed by atoms with Crippen molar-refractivity contribution >= 4 is 12.1 Å². The summed E-state index contributed by atoms with van der Waals surface area (Å²) >= 11 is 0. The number of phenolic OH excluding ortho intramolecular Hbond substituents is 1. The number of allylic oxidation sites excluding steroid dienone is 2. The molecule has 172 valence electrons. The summed E-state index contributed by atoms with van der Waals surface area (Å²) in [6, 6.07) is 2.32. The van der Waals surface area contributed by atoms with Crippen molar-refractivity contribution < 1.29 is 44.0 Å². The molecular formula is C22H25NO9. The highest BCUT2D eigenvalue weighted by atomic mass is 16.8. The molecule has 0 saturated carbocycles. The zero-order valence-electron chi connectivity index (χ0n) is 18.0. The van der Waals surface area contributed by atoms with E-state index in [-0.39, 0.29) is 24.5 Å². The Morgan fingerprint density at radius 2 is 1.94 bits per heavy atom. The van der Waals surface area contributed by atoms with E-state index in [0.29, 0.717) is 40.9 Å².